The minimum atomic E-state index is 0.917. The van der Waals surface area contributed by atoms with Crippen molar-refractivity contribution in [2.75, 3.05) is 13.1 Å². The molecule has 1 heterocycles. The summed E-state index contributed by atoms with van der Waals surface area (Å²) >= 11 is 0. The molecule has 0 aliphatic rings. The van der Waals surface area contributed by atoms with E-state index in [4.69, 9.17) is 0 Å². The van der Waals surface area contributed by atoms with Gasteiger partial charge in [-0.05, 0) is 29.7 Å². The highest BCUT2D eigenvalue weighted by molar-refractivity contribution is 5.15. The van der Waals surface area contributed by atoms with Crippen LogP contribution in [0.15, 0.2) is 67.5 Å². The molecular formula is C17H20N2. The zero-order chi connectivity index (χ0) is 13.3. The molecule has 0 spiro atoms. The van der Waals surface area contributed by atoms with Gasteiger partial charge in [0.2, 0.25) is 0 Å². The van der Waals surface area contributed by atoms with Crippen LogP contribution < -0.4 is 0 Å². The predicted octanol–water partition coefficient (Wildman–Crippen LogP) is 3.31. The van der Waals surface area contributed by atoms with Crippen LogP contribution >= 0.6 is 0 Å². The molecule has 0 saturated heterocycles. The lowest BCUT2D eigenvalue weighted by Gasteiger charge is -2.20. The smallest absolute Gasteiger partial charge is 0.0270 e. The summed E-state index contributed by atoms with van der Waals surface area (Å²) in [5.41, 5.74) is 2.68. The van der Waals surface area contributed by atoms with Gasteiger partial charge in [-0.3, -0.25) is 9.88 Å². The van der Waals surface area contributed by atoms with Crippen molar-refractivity contribution in [2.24, 2.45) is 0 Å². The molecule has 1 aromatic carbocycles. The first-order chi connectivity index (χ1) is 9.38. The number of aromatic nitrogens is 1. The van der Waals surface area contributed by atoms with Crippen LogP contribution in [-0.4, -0.2) is 23.0 Å². The second kappa shape index (κ2) is 7.49. The van der Waals surface area contributed by atoms with Gasteiger partial charge in [0.1, 0.15) is 0 Å². The van der Waals surface area contributed by atoms with Crippen LogP contribution in [-0.2, 0) is 13.0 Å². The molecule has 0 saturated carbocycles. The first kappa shape index (κ1) is 13.5. The Balaban J connectivity index is 1.91. The van der Waals surface area contributed by atoms with Crippen LogP contribution in [0.5, 0.6) is 0 Å². The third-order valence-electron chi connectivity index (χ3n) is 3.10. The van der Waals surface area contributed by atoms with Gasteiger partial charge >= 0.3 is 0 Å². The normalized spacial score (nSPS) is 10.6. The molecule has 2 rings (SSSR count). The zero-order valence-electron chi connectivity index (χ0n) is 11.2. The maximum absolute atomic E-state index is 4.05. The number of nitrogens with zero attached hydrogens (tertiary/aromatic N) is 2. The van der Waals surface area contributed by atoms with Gasteiger partial charge in [-0.1, -0.05) is 36.4 Å². The van der Waals surface area contributed by atoms with Crippen molar-refractivity contribution in [3.05, 3.63) is 78.6 Å². The molecule has 0 unspecified atom stereocenters. The van der Waals surface area contributed by atoms with Gasteiger partial charge in [0, 0.05) is 32.0 Å². The molecule has 0 bridgehead atoms. The van der Waals surface area contributed by atoms with Gasteiger partial charge < -0.3 is 0 Å². The molecule has 0 aliphatic carbocycles. The third kappa shape index (κ3) is 4.68. The van der Waals surface area contributed by atoms with E-state index >= 15 is 0 Å². The van der Waals surface area contributed by atoms with Crippen LogP contribution in [0.2, 0.25) is 0 Å². The molecule has 2 nitrogen and oxygen atoms in total. The fraction of sp³-hybridized carbons (Fsp3) is 0.235. The van der Waals surface area contributed by atoms with Crippen LogP contribution in [0.25, 0.3) is 0 Å². The van der Waals surface area contributed by atoms with Gasteiger partial charge in [-0.25, -0.2) is 0 Å². The van der Waals surface area contributed by atoms with E-state index in [0.717, 1.165) is 26.1 Å². The number of rotatable bonds is 7. The molecule has 98 valence electrons. The number of pyridine rings is 1. The van der Waals surface area contributed by atoms with Gasteiger partial charge in [-0.2, -0.15) is 0 Å². The molecule has 1 aromatic heterocycles. The topological polar surface area (TPSA) is 16.1 Å². The average Bonchev–Trinajstić information content (AvgIpc) is 2.47. The Morgan fingerprint density at radius 3 is 2.42 bits per heavy atom. The maximum Gasteiger partial charge on any atom is 0.0270 e. The average molecular weight is 252 g/mol. The first-order valence-corrected chi connectivity index (χ1v) is 6.64. The molecule has 2 aromatic rings. The third-order valence-corrected chi connectivity index (χ3v) is 3.10. The Kier molecular flexibility index (Phi) is 5.32. The lowest BCUT2D eigenvalue weighted by atomic mass is 10.1. The van der Waals surface area contributed by atoms with E-state index in [9.17, 15) is 0 Å². The summed E-state index contributed by atoms with van der Waals surface area (Å²) in [5.74, 6) is 0. The molecule has 0 fully saturated rings. The Labute approximate surface area is 115 Å². The summed E-state index contributed by atoms with van der Waals surface area (Å²) in [6.45, 7) is 6.76. The van der Waals surface area contributed by atoms with Crippen molar-refractivity contribution in [1.29, 1.82) is 0 Å². The van der Waals surface area contributed by atoms with Crippen molar-refractivity contribution < 1.29 is 0 Å². The number of hydrogen-bond acceptors (Lipinski definition) is 2. The van der Waals surface area contributed by atoms with Crippen LogP contribution in [0.4, 0.5) is 0 Å². The highest BCUT2D eigenvalue weighted by Gasteiger charge is 2.04. The second-order valence-corrected chi connectivity index (χ2v) is 4.61. The predicted molar refractivity (Wildman–Crippen MR) is 79.9 cm³/mol. The van der Waals surface area contributed by atoms with Crippen molar-refractivity contribution in [3.63, 3.8) is 0 Å². The minimum absolute atomic E-state index is 0.917. The Morgan fingerprint density at radius 1 is 1.00 bits per heavy atom. The number of hydrogen-bond donors (Lipinski definition) is 0. The monoisotopic (exact) mass is 252 g/mol. The second-order valence-electron chi connectivity index (χ2n) is 4.61. The largest absolute Gasteiger partial charge is 0.295 e. The molecule has 0 N–H and O–H groups in total. The van der Waals surface area contributed by atoms with E-state index in [2.05, 4.69) is 58.9 Å². The summed E-state index contributed by atoms with van der Waals surface area (Å²) in [6.07, 6.45) is 6.72. The van der Waals surface area contributed by atoms with E-state index < -0.39 is 0 Å². The first-order valence-electron chi connectivity index (χ1n) is 6.64. The minimum Gasteiger partial charge on any atom is -0.295 e. The van der Waals surface area contributed by atoms with Crippen LogP contribution in [0.3, 0.4) is 0 Å². The van der Waals surface area contributed by atoms with Gasteiger partial charge in [0.15, 0.2) is 0 Å². The quantitative estimate of drug-likeness (QED) is 0.703. The van der Waals surface area contributed by atoms with Gasteiger partial charge in [0.05, 0.1) is 0 Å². The summed E-state index contributed by atoms with van der Waals surface area (Å²) in [4.78, 5) is 6.45. The molecule has 0 aliphatic heterocycles. The van der Waals surface area contributed by atoms with E-state index in [1.807, 2.05) is 18.5 Å². The molecule has 0 radical (unpaired) electrons. The highest BCUT2D eigenvalue weighted by atomic mass is 15.1. The molecule has 2 heteroatoms. The van der Waals surface area contributed by atoms with E-state index in [1.165, 1.54) is 11.1 Å². The molecular weight excluding hydrogens is 232 g/mol. The summed E-state index contributed by atoms with van der Waals surface area (Å²) < 4.78 is 0. The maximum atomic E-state index is 4.05. The Bertz CT molecular complexity index is 479. The SMILES string of the molecule is C=CCN(CCc1ccncc1)Cc1ccccc1. The van der Waals surface area contributed by atoms with Gasteiger partial charge in [-0.15, -0.1) is 6.58 Å². The Hall–Kier alpha value is -1.93. The Morgan fingerprint density at radius 2 is 1.74 bits per heavy atom. The van der Waals surface area contributed by atoms with E-state index in [-0.39, 0.29) is 0 Å². The lowest BCUT2D eigenvalue weighted by molar-refractivity contribution is 0.298. The standard InChI is InChI=1S/C17H20N2/c1-2-13-19(15-17-6-4-3-5-7-17)14-10-16-8-11-18-12-9-16/h2-9,11-12H,1,10,13-15H2. The van der Waals surface area contributed by atoms with Crippen molar-refractivity contribution in [1.82, 2.24) is 9.88 Å². The van der Waals surface area contributed by atoms with Crippen LogP contribution in [0.1, 0.15) is 11.1 Å². The van der Waals surface area contributed by atoms with E-state index in [1.54, 1.807) is 0 Å². The summed E-state index contributed by atoms with van der Waals surface area (Å²) in [5, 5.41) is 0. The number of benzene rings is 1. The van der Waals surface area contributed by atoms with E-state index in [0.29, 0.717) is 0 Å². The fourth-order valence-corrected chi connectivity index (χ4v) is 2.10. The fourth-order valence-electron chi connectivity index (χ4n) is 2.10. The van der Waals surface area contributed by atoms with Crippen LogP contribution in [0, 0.1) is 0 Å². The van der Waals surface area contributed by atoms with Crippen molar-refractivity contribution in [2.45, 2.75) is 13.0 Å². The summed E-state index contributed by atoms with van der Waals surface area (Å²) in [7, 11) is 0. The van der Waals surface area contributed by atoms with Gasteiger partial charge in [0.25, 0.3) is 0 Å². The molecule has 19 heavy (non-hydrogen) atoms. The van der Waals surface area contributed by atoms with Crippen molar-refractivity contribution in [3.8, 4) is 0 Å². The molecule has 0 atom stereocenters. The van der Waals surface area contributed by atoms with Crippen molar-refractivity contribution >= 4 is 0 Å². The lowest BCUT2D eigenvalue weighted by Crippen LogP contribution is -2.25. The zero-order valence-corrected chi connectivity index (χ0v) is 11.2. The summed E-state index contributed by atoms with van der Waals surface area (Å²) in [6, 6.07) is 14.7. The highest BCUT2D eigenvalue weighted by Crippen LogP contribution is 2.06. The molecule has 0 amide bonds.